The third-order valence-corrected chi connectivity index (χ3v) is 3.90. The maximum Gasteiger partial charge on any atom is 0.243 e. The predicted octanol–water partition coefficient (Wildman–Crippen LogP) is 1.90. The predicted molar refractivity (Wildman–Crippen MR) is 90.2 cm³/mol. The van der Waals surface area contributed by atoms with Crippen molar-refractivity contribution in [1.82, 2.24) is 10.2 Å². The molecule has 1 aromatic rings. The normalized spacial score (nSPS) is 20.6. The summed E-state index contributed by atoms with van der Waals surface area (Å²) < 4.78 is 0. The lowest BCUT2D eigenvalue weighted by molar-refractivity contribution is -0.142. The van der Waals surface area contributed by atoms with Gasteiger partial charge in [-0.25, -0.2) is 0 Å². The first kappa shape index (κ1) is 18.5. The van der Waals surface area contributed by atoms with E-state index in [0.717, 1.165) is 25.1 Å². The molecule has 122 valence electrons. The van der Waals surface area contributed by atoms with Gasteiger partial charge in [0.15, 0.2) is 0 Å². The molecular weight excluding hydrogens is 302 g/mol. The van der Waals surface area contributed by atoms with Crippen molar-refractivity contribution in [2.75, 3.05) is 32.0 Å². The highest BCUT2D eigenvalue weighted by Gasteiger charge is 2.36. The van der Waals surface area contributed by atoms with E-state index >= 15 is 0 Å². The van der Waals surface area contributed by atoms with Gasteiger partial charge in [-0.1, -0.05) is 18.2 Å². The summed E-state index contributed by atoms with van der Waals surface area (Å²) in [5.74, 6) is -0.151. The number of anilines is 1. The van der Waals surface area contributed by atoms with E-state index in [4.69, 9.17) is 0 Å². The number of nitrogens with one attached hydrogen (secondary N) is 2. The zero-order chi connectivity index (χ0) is 15.3. The molecule has 1 saturated heterocycles. The highest BCUT2D eigenvalue weighted by molar-refractivity contribution is 5.95. The van der Waals surface area contributed by atoms with E-state index in [1.165, 1.54) is 4.90 Å². The van der Waals surface area contributed by atoms with Crippen molar-refractivity contribution in [2.24, 2.45) is 5.41 Å². The third-order valence-electron chi connectivity index (χ3n) is 3.90. The second-order valence-corrected chi connectivity index (χ2v) is 5.92. The van der Waals surface area contributed by atoms with Crippen LogP contribution in [0.2, 0.25) is 0 Å². The van der Waals surface area contributed by atoms with Gasteiger partial charge in [-0.3, -0.25) is 9.59 Å². The van der Waals surface area contributed by atoms with Crippen molar-refractivity contribution in [2.45, 2.75) is 19.8 Å². The van der Waals surface area contributed by atoms with Gasteiger partial charge in [0.25, 0.3) is 0 Å². The summed E-state index contributed by atoms with van der Waals surface area (Å²) in [6, 6.07) is 9.26. The fourth-order valence-electron chi connectivity index (χ4n) is 2.71. The lowest BCUT2D eigenvalue weighted by Crippen LogP contribution is -2.50. The van der Waals surface area contributed by atoms with Crippen LogP contribution in [0.15, 0.2) is 30.3 Å². The molecule has 0 aromatic heterocycles. The minimum absolute atomic E-state index is 0. The number of halogens is 1. The minimum Gasteiger partial charge on any atom is -0.336 e. The molecular formula is C16H24ClN3O2. The molecule has 2 N–H and O–H groups in total. The Kier molecular flexibility index (Phi) is 6.84. The lowest BCUT2D eigenvalue weighted by atomic mass is 9.81. The minimum atomic E-state index is -0.403. The first-order chi connectivity index (χ1) is 10.0. The average molecular weight is 326 g/mol. The molecule has 1 aliphatic rings. The molecule has 1 aliphatic heterocycles. The fourth-order valence-corrected chi connectivity index (χ4v) is 2.71. The summed E-state index contributed by atoms with van der Waals surface area (Å²) >= 11 is 0. The molecule has 1 atom stereocenters. The SMILES string of the molecule is CN(CC(=O)Nc1ccccc1)C(=O)C1(C)CCCNC1.Cl. The van der Waals surface area contributed by atoms with Crippen molar-refractivity contribution in [3.05, 3.63) is 30.3 Å². The van der Waals surface area contributed by atoms with Crippen LogP contribution in [-0.2, 0) is 9.59 Å². The van der Waals surface area contributed by atoms with Gasteiger partial charge >= 0.3 is 0 Å². The van der Waals surface area contributed by atoms with Gasteiger partial charge in [0.2, 0.25) is 11.8 Å². The number of hydrogen-bond acceptors (Lipinski definition) is 3. The number of carbonyl (C=O) groups excluding carboxylic acids is 2. The summed E-state index contributed by atoms with van der Waals surface area (Å²) in [4.78, 5) is 26.0. The van der Waals surface area contributed by atoms with Gasteiger partial charge in [-0.05, 0) is 38.4 Å². The number of hydrogen-bond donors (Lipinski definition) is 2. The van der Waals surface area contributed by atoms with Gasteiger partial charge in [0.1, 0.15) is 0 Å². The van der Waals surface area contributed by atoms with E-state index in [2.05, 4.69) is 10.6 Å². The van der Waals surface area contributed by atoms with E-state index in [1.54, 1.807) is 7.05 Å². The summed E-state index contributed by atoms with van der Waals surface area (Å²) in [5.41, 5.74) is 0.342. The standard InChI is InChI=1S/C16H23N3O2.ClH/c1-16(9-6-10-17-12-16)15(21)19(2)11-14(20)18-13-7-4-3-5-8-13;/h3-5,7-8,17H,6,9-12H2,1-2H3,(H,18,20);1H. The van der Waals surface area contributed by atoms with Crippen LogP contribution in [0.5, 0.6) is 0 Å². The number of amides is 2. The molecule has 1 unspecified atom stereocenters. The molecule has 0 bridgehead atoms. The quantitative estimate of drug-likeness (QED) is 0.888. The Morgan fingerprint density at radius 1 is 1.32 bits per heavy atom. The molecule has 2 rings (SSSR count). The van der Waals surface area contributed by atoms with Crippen LogP contribution in [0.4, 0.5) is 5.69 Å². The fraction of sp³-hybridized carbons (Fsp3) is 0.500. The van der Waals surface area contributed by atoms with Crippen LogP contribution in [0.3, 0.4) is 0 Å². The van der Waals surface area contributed by atoms with Crippen LogP contribution in [0, 0.1) is 5.41 Å². The zero-order valence-electron chi connectivity index (χ0n) is 13.1. The van der Waals surface area contributed by atoms with Crippen molar-refractivity contribution in [1.29, 1.82) is 0 Å². The molecule has 0 spiro atoms. The first-order valence-corrected chi connectivity index (χ1v) is 7.32. The molecule has 1 fully saturated rings. The Morgan fingerprint density at radius 2 is 2.00 bits per heavy atom. The van der Waals surface area contributed by atoms with Crippen LogP contribution < -0.4 is 10.6 Å². The molecule has 0 saturated carbocycles. The first-order valence-electron chi connectivity index (χ1n) is 7.32. The Hall–Kier alpha value is -1.59. The molecule has 22 heavy (non-hydrogen) atoms. The summed E-state index contributed by atoms with van der Waals surface area (Å²) in [6.45, 7) is 3.67. The zero-order valence-corrected chi connectivity index (χ0v) is 13.9. The lowest BCUT2D eigenvalue weighted by Gasteiger charge is -2.35. The Labute approximate surface area is 137 Å². The van der Waals surface area contributed by atoms with Gasteiger partial charge in [-0.2, -0.15) is 0 Å². The number of piperidine rings is 1. The van der Waals surface area contributed by atoms with E-state index in [1.807, 2.05) is 37.3 Å². The largest absolute Gasteiger partial charge is 0.336 e. The van der Waals surface area contributed by atoms with Crippen LogP contribution >= 0.6 is 12.4 Å². The highest BCUT2D eigenvalue weighted by Crippen LogP contribution is 2.27. The number of rotatable bonds is 4. The molecule has 0 radical (unpaired) electrons. The smallest absolute Gasteiger partial charge is 0.243 e. The molecule has 2 amide bonds. The van der Waals surface area contributed by atoms with E-state index in [0.29, 0.717) is 6.54 Å². The van der Waals surface area contributed by atoms with Gasteiger partial charge in [0, 0.05) is 19.3 Å². The molecule has 1 aromatic carbocycles. The number of carbonyl (C=O) groups is 2. The van der Waals surface area contributed by atoms with Crippen LogP contribution in [0.25, 0.3) is 0 Å². The number of nitrogens with zero attached hydrogens (tertiary/aromatic N) is 1. The van der Waals surface area contributed by atoms with Gasteiger partial charge < -0.3 is 15.5 Å². The van der Waals surface area contributed by atoms with Crippen molar-refractivity contribution >= 4 is 29.9 Å². The van der Waals surface area contributed by atoms with Crippen molar-refractivity contribution in [3.63, 3.8) is 0 Å². The Balaban J connectivity index is 0.00000242. The maximum atomic E-state index is 12.5. The Bertz CT molecular complexity index is 501. The highest BCUT2D eigenvalue weighted by atomic mass is 35.5. The Morgan fingerprint density at radius 3 is 2.59 bits per heavy atom. The summed E-state index contributed by atoms with van der Waals surface area (Å²) in [6.07, 6.45) is 1.86. The second kappa shape index (κ2) is 8.15. The van der Waals surface area contributed by atoms with E-state index in [-0.39, 0.29) is 30.8 Å². The average Bonchev–Trinajstić information content (AvgIpc) is 2.48. The van der Waals surface area contributed by atoms with Crippen molar-refractivity contribution < 1.29 is 9.59 Å². The molecule has 5 nitrogen and oxygen atoms in total. The third kappa shape index (κ3) is 4.71. The number of benzene rings is 1. The topological polar surface area (TPSA) is 61.4 Å². The van der Waals surface area contributed by atoms with Crippen LogP contribution in [-0.4, -0.2) is 43.4 Å². The second-order valence-electron chi connectivity index (χ2n) is 5.92. The maximum absolute atomic E-state index is 12.5. The molecule has 1 heterocycles. The number of likely N-dealkylation sites (N-methyl/N-ethyl adjacent to an activating group) is 1. The summed E-state index contributed by atoms with van der Waals surface area (Å²) in [7, 11) is 1.69. The molecule has 0 aliphatic carbocycles. The number of para-hydroxylation sites is 1. The monoisotopic (exact) mass is 325 g/mol. The van der Waals surface area contributed by atoms with Gasteiger partial charge in [0.05, 0.1) is 12.0 Å². The summed E-state index contributed by atoms with van der Waals surface area (Å²) in [5, 5.41) is 6.05. The van der Waals surface area contributed by atoms with Gasteiger partial charge in [-0.15, -0.1) is 12.4 Å². The van der Waals surface area contributed by atoms with Crippen molar-refractivity contribution in [3.8, 4) is 0 Å². The van der Waals surface area contributed by atoms with E-state index in [9.17, 15) is 9.59 Å². The van der Waals surface area contributed by atoms with E-state index < -0.39 is 5.41 Å². The van der Waals surface area contributed by atoms with Crippen LogP contribution in [0.1, 0.15) is 19.8 Å². The molecule has 6 heteroatoms.